The minimum atomic E-state index is 0.0924. The summed E-state index contributed by atoms with van der Waals surface area (Å²) in [6.45, 7) is 7.12. The molecular weight excluding hydrogens is 202 g/mol. The summed E-state index contributed by atoms with van der Waals surface area (Å²) in [6, 6.07) is 0. The molecule has 0 atom stereocenters. The zero-order valence-corrected chi connectivity index (χ0v) is 10.6. The summed E-state index contributed by atoms with van der Waals surface area (Å²) >= 11 is 0. The Morgan fingerprint density at radius 3 is 2.69 bits per heavy atom. The molecule has 1 saturated heterocycles. The number of hydrogen-bond acceptors (Lipinski definition) is 3. The van der Waals surface area contributed by atoms with E-state index in [1.165, 1.54) is 25.9 Å². The van der Waals surface area contributed by atoms with Gasteiger partial charge in [0.25, 0.3) is 0 Å². The van der Waals surface area contributed by atoms with Gasteiger partial charge in [-0.3, -0.25) is 4.79 Å². The van der Waals surface area contributed by atoms with Gasteiger partial charge in [0.1, 0.15) is 0 Å². The summed E-state index contributed by atoms with van der Waals surface area (Å²) in [5, 5.41) is 5.74. The SMILES string of the molecule is CNCC(=O)NCCCN1CCC(C)CC1. The number of likely N-dealkylation sites (N-methyl/N-ethyl adjacent to an activating group) is 1. The summed E-state index contributed by atoms with van der Waals surface area (Å²) in [6.07, 6.45) is 3.71. The zero-order valence-electron chi connectivity index (χ0n) is 10.6. The second kappa shape index (κ2) is 7.63. The van der Waals surface area contributed by atoms with Gasteiger partial charge in [0, 0.05) is 6.54 Å². The van der Waals surface area contributed by atoms with E-state index in [0.717, 1.165) is 25.4 Å². The molecule has 0 aliphatic carbocycles. The lowest BCUT2D eigenvalue weighted by Gasteiger charge is -2.30. The van der Waals surface area contributed by atoms with Crippen LogP contribution in [0.15, 0.2) is 0 Å². The van der Waals surface area contributed by atoms with Crippen LogP contribution < -0.4 is 10.6 Å². The van der Waals surface area contributed by atoms with Gasteiger partial charge in [-0.2, -0.15) is 0 Å². The van der Waals surface area contributed by atoms with Crippen molar-refractivity contribution in [3.63, 3.8) is 0 Å². The molecule has 0 unspecified atom stereocenters. The molecular formula is C12H25N3O. The molecule has 0 radical (unpaired) electrons. The molecule has 4 nitrogen and oxygen atoms in total. The number of hydrogen-bond donors (Lipinski definition) is 2. The van der Waals surface area contributed by atoms with E-state index < -0.39 is 0 Å². The minimum absolute atomic E-state index is 0.0924. The number of carbonyl (C=O) groups excluding carboxylic acids is 1. The third-order valence-corrected chi connectivity index (χ3v) is 3.19. The second-order valence-electron chi connectivity index (χ2n) is 4.76. The lowest BCUT2D eigenvalue weighted by atomic mass is 9.99. The highest BCUT2D eigenvalue weighted by Crippen LogP contribution is 2.15. The maximum atomic E-state index is 11.1. The van der Waals surface area contributed by atoms with E-state index in [4.69, 9.17) is 0 Å². The van der Waals surface area contributed by atoms with Crippen molar-refractivity contribution in [2.45, 2.75) is 26.2 Å². The predicted octanol–water partition coefficient (Wildman–Crippen LogP) is 0.444. The first kappa shape index (κ1) is 13.5. The Labute approximate surface area is 98.8 Å². The average molecular weight is 227 g/mol. The Balaban J connectivity index is 1.97. The molecule has 0 spiro atoms. The summed E-state index contributed by atoms with van der Waals surface area (Å²) in [4.78, 5) is 13.7. The second-order valence-corrected chi connectivity index (χ2v) is 4.76. The lowest BCUT2D eigenvalue weighted by molar-refractivity contribution is -0.120. The quantitative estimate of drug-likeness (QED) is 0.647. The zero-order chi connectivity index (χ0) is 11.8. The first-order chi connectivity index (χ1) is 7.72. The maximum absolute atomic E-state index is 11.1. The molecule has 1 fully saturated rings. The highest BCUT2D eigenvalue weighted by atomic mass is 16.1. The van der Waals surface area contributed by atoms with E-state index >= 15 is 0 Å². The van der Waals surface area contributed by atoms with Crippen LogP contribution in [-0.4, -0.2) is 50.6 Å². The minimum Gasteiger partial charge on any atom is -0.355 e. The fraction of sp³-hybridized carbons (Fsp3) is 0.917. The molecule has 2 N–H and O–H groups in total. The van der Waals surface area contributed by atoms with Crippen molar-refractivity contribution in [2.24, 2.45) is 5.92 Å². The van der Waals surface area contributed by atoms with E-state index in [1.54, 1.807) is 7.05 Å². The van der Waals surface area contributed by atoms with Gasteiger partial charge >= 0.3 is 0 Å². The lowest BCUT2D eigenvalue weighted by Crippen LogP contribution is -2.37. The molecule has 0 bridgehead atoms. The third kappa shape index (κ3) is 5.47. The Kier molecular flexibility index (Phi) is 6.42. The fourth-order valence-corrected chi connectivity index (χ4v) is 2.04. The van der Waals surface area contributed by atoms with Crippen LogP contribution in [0.2, 0.25) is 0 Å². The van der Waals surface area contributed by atoms with Gasteiger partial charge in [0.05, 0.1) is 6.54 Å². The van der Waals surface area contributed by atoms with E-state index in [2.05, 4.69) is 22.5 Å². The average Bonchev–Trinajstić information content (AvgIpc) is 2.27. The number of carbonyl (C=O) groups is 1. The van der Waals surface area contributed by atoms with Crippen molar-refractivity contribution in [1.29, 1.82) is 0 Å². The van der Waals surface area contributed by atoms with Crippen LogP contribution in [0.5, 0.6) is 0 Å². The van der Waals surface area contributed by atoms with Gasteiger partial charge in [0.15, 0.2) is 0 Å². The molecule has 0 aromatic heterocycles. The van der Waals surface area contributed by atoms with Crippen LogP contribution in [0, 0.1) is 5.92 Å². The van der Waals surface area contributed by atoms with Crippen LogP contribution in [0.3, 0.4) is 0 Å². The molecule has 16 heavy (non-hydrogen) atoms. The molecule has 1 amide bonds. The highest BCUT2D eigenvalue weighted by molar-refractivity contribution is 5.77. The molecule has 0 aromatic rings. The van der Waals surface area contributed by atoms with Crippen molar-refractivity contribution >= 4 is 5.91 Å². The van der Waals surface area contributed by atoms with Crippen LogP contribution >= 0.6 is 0 Å². The van der Waals surface area contributed by atoms with Crippen molar-refractivity contribution in [3.8, 4) is 0 Å². The van der Waals surface area contributed by atoms with E-state index in [0.29, 0.717) is 6.54 Å². The van der Waals surface area contributed by atoms with Crippen LogP contribution in [0.25, 0.3) is 0 Å². The third-order valence-electron chi connectivity index (χ3n) is 3.19. The number of amides is 1. The standard InChI is InChI=1S/C12H25N3O/c1-11-4-8-15(9-5-11)7-3-6-14-12(16)10-13-2/h11,13H,3-10H2,1-2H3,(H,14,16). The van der Waals surface area contributed by atoms with Gasteiger partial charge in [-0.25, -0.2) is 0 Å². The van der Waals surface area contributed by atoms with Crippen molar-refractivity contribution in [1.82, 2.24) is 15.5 Å². The van der Waals surface area contributed by atoms with E-state index in [9.17, 15) is 4.79 Å². The largest absolute Gasteiger partial charge is 0.355 e. The molecule has 0 saturated carbocycles. The van der Waals surface area contributed by atoms with Crippen LogP contribution in [-0.2, 0) is 4.79 Å². The van der Waals surface area contributed by atoms with Gasteiger partial charge in [-0.1, -0.05) is 6.92 Å². The number of piperidine rings is 1. The topological polar surface area (TPSA) is 44.4 Å². The van der Waals surface area contributed by atoms with Crippen molar-refractivity contribution < 1.29 is 4.79 Å². The number of nitrogens with one attached hydrogen (secondary N) is 2. The molecule has 1 aliphatic rings. The van der Waals surface area contributed by atoms with Gasteiger partial charge in [-0.05, 0) is 51.9 Å². The Hall–Kier alpha value is -0.610. The summed E-state index contributed by atoms with van der Waals surface area (Å²) in [7, 11) is 1.79. The normalized spacial score (nSPS) is 18.6. The summed E-state index contributed by atoms with van der Waals surface area (Å²) in [5.74, 6) is 0.987. The Bertz CT molecular complexity index is 200. The fourth-order valence-electron chi connectivity index (χ4n) is 2.04. The molecule has 0 aromatic carbocycles. The van der Waals surface area contributed by atoms with Gasteiger partial charge < -0.3 is 15.5 Å². The molecule has 1 heterocycles. The molecule has 1 aliphatic heterocycles. The van der Waals surface area contributed by atoms with Crippen molar-refractivity contribution in [2.75, 3.05) is 39.8 Å². The number of rotatable bonds is 6. The summed E-state index contributed by atoms with van der Waals surface area (Å²) < 4.78 is 0. The van der Waals surface area contributed by atoms with Gasteiger partial charge in [0.2, 0.25) is 5.91 Å². The molecule has 1 rings (SSSR count). The van der Waals surface area contributed by atoms with Crippen LogP contribution in [0.1, 0.15) is 26.2 Å². The smallest absolute Gasteiger partial charge is 0.233 e. The van der Waals surface area contributed by atoms with Crippen LogP contribution in [0.4, 0.5) is 0 Å². The number of nitrogens with zero attached hydrogens (tertiary/aromatic N) is 1. The monoisotopic (exact) mass is 227 g/mol. The first-order valence-electron chi connectivity index (χ1n) is 6.36. The van der Waals surface area contributed by atoms with E-state index in [-0.39, 0.29) is 5.91 Å². The van der Waals surface area contributed by atoms with E-state index in [1.807, 2.05) is 0 Å². The van der Waals surface area contributed by atoms with Gasteiger partial charge in [-0.15, -0.1) is 0 Å². The first-order valence-corrected chi connectivity index (χ1v) is 6.36. The predicted molar refractivity (Wildman–Crippen MR) is 66.4 cm³/mol. The Morgan fingerprint density at radius 1 is 1.38 bits per heavy atom. The maximum Gasteiger partial charge on any atom is 0.233 e. The van der Waals surface area contributed by atoms with Crippen molar-refractivity contribution in [3.05, 3.63) is 0 Å². The number of likely N-dealkylation sites (tertiary alicyclic amines) is 1. The summed E-state index contributed by atoms with van der Waals surface area (Å²) in [5.41, 5.74) is 0. The molecule has 4 heteroatoms. The molecule has 94 valence electrons. The Morgan fingerprint density at radius 2 is 2.06 bits per heavy atom. The highest BCUT2D eigenvalue weighted by Gasteiger charge is 2.14.